The van der Waals surface area contributed by atoms with Crippen LogP contribution < -0.4 is 0 Å². The lowest BCUT2D eigenvalue weighted by atomic mass is 10.2. The van der Waals surface area contributed by atoms with Crippen LogP contribution in [-0.2, 0) is 0 Å². The van der Waals surface area contributed by atoms with Crippen molar-refractivity contribution in [1.29, 1.82) is 0 Å². The van der Waals surface area contributed by atoms with E-state index in [1.807, 2.05) is 0 Å². The van der Waals surface area contributed by atoms with E-state index in [9.17, 15) is 0 Å². The van der Waals surface area contributed by atoms with Crippen molar-refractivity contribution >= 4 is 33.4 Å². The van der Waals surface area contributed by atoms with Gasteiger partial charge in [-0.3, -0.25) is 4.57 Å². The molecule has 26 heavy (non-hydrogen) atoms. The molecule has 2 aromatic heterocycles. The van der Waals surface area contributed by atoms with Gasteiger partial charge >= 0.3 is 0 Å². The van der Waals surface area contributed by atoms with Crippen molar-refractivity contribution in [3.05, 3.63) is 83.8 Å². The fraction of sp³-hybridized carbons (Fsp3) is 0. The van der Waals surface area contributed by atoms with Crippen LogP contribution in [0, 0.1) is 0 Å². The molecule has 0 saturated heterocycles. The summed E-state index contributed by atoms with van der Waals surface area (Å²) in [5.41, 5.74) is -0.981. The van der Waals surface area contributed by atoms with E-state index in [1.54, 1.807) is 0 Å². The Morgan fingerprint density at radius 3 is 1.92 bits per heavy atom. The zero-order valence-electron chi connectivity index (χ0n) is 25.7. The number of halogens is 1. The van der Waals surface area contributed by atoms with Crippen LogP contribution in [0.15, 0.2) is 78.6 Å². The van der Waals surface area contributed by atoms with Crippen LogP contribution in [-0.4, -0.2) is 19.5 Å². The quantitative estimate of drug-likeness (QED) is 0.424. The number of hydrogen-bond acceptors (Lipinski definition) is 3. The molecule has 0 radical (unpaired) electrons. The van der Waals surface area contributed by atoms with Gasteiger partial charge in [-0.05, 0) is 23.7 Å². The second-order valence-electron chi connectivity index (χ2n) is 5.01. The van der Waals surface area contributed by atoms with E-state index >= 15 is 0 Å². The molecule has 0 aliphatic heterocycles. The summed E-state index contributed by atoms with van der Waals surface area (Å²) in [6.45, 7) is 0. The zero-order chi connectivity index (χ0) is 28.8. The van der Waals surface area contributed by atoms with E-state index < -0.39 is 101 Å². The first kappa shape index (κ1) is 6.82. The molecule has 0 fully saturated rings. The highest BCUT2D eigenvalue weighted by atomic mass is 35.5. The zero-order valence-corrected chi connectivity index (χ0v) is 13.4. The fourth-order valence-corrected chi connectivity index (χ4v) is 2.69. The van der Waals surface area contributed by atoms with Gasteiger partial charge in [-0.1, -0.05) is 66.5 Å². The van der Waals surface area contributed by atoms with Gasteiger partial charge in [-0.2, -0.15) is 15.0 Å². The molecule has 5 aromatic rings. The van der Waals surface area contributed by atoms with Gasteiger partial charge in [0.25, 0.3) is 0 Å². The topological polar surface area (TPSA) is 43.6 Å². The van der Waals surface area contributed by atoms with Crippen molar-refractivity contribution < 1.29 is 17.8 Å². The highest BCUT2D eigenvalue weighted by Crippen LogP contribution is 2.31. The summed E-state index contributed by atoms with van der Waals surface area (Å²) in [5.74, 6) is -0.925. The Balaban J connectivity index is 2.03. The second-order valence-corrected chi connectivity index (χ2v) is 5.35. The molecule has 0 bridgehead atoms. The van der Waals surface area contributed by atoms with Crippen molar-refractivity contribution in [2.24, 2.45) is 0 Å². The summed E-state index contributed by atoms with van der Waals surface area (Å²) >= 11 is 6.16. The Kier molecular flexibility index (Phi) is 1.56. The van der Waals surface area contributed by atoms with Crippen LogP contribution >= 0.6 is 11.6 Å². The summed E-state index contributed by atoms with van der Waals surface area (Å²) in [6, 6.07) is -8.15. The first-order valence-corrected chi connectivity index (χ1v) is 7.58. The largest absolute Gasteiger partial charge is 0.278 e. The number of rotatable bonds is 2. The minimum absolute atomic E-state index is 0.219. The average Bonchev–Trinajstić information content (AvgIpc) is 3.27. The Morgan fingerprint density at radius 1 is 0.692 bits per heavy atom. The molecule has 5 heteroatoms. The molecule has 4 nitrogen and oxygen atoms in total. The van der Waals surface area contributed by atoms with Crippen molar-refractivity contribution in [3.63, 3.8) is 0 Å². The molecule has 0 atom stereocenters. The monoisotopic (exact) mass is 369 g/mol. The van der Waals surface area contributed by atoms with Crippen molar-refractivity contribution in [1.82, 2.24) is 19.5 Å². The van der Waals surface area contributed by atoms with Gasteiger partial charge < -0.3 is 0 Å². The predicted molar refractivity (Wildman–Crippen MR) is 105 cm³/mol. The van der Waals surface area contributed by atoms with Crippen LogP contribution in [0.5, 0.6) is 0 Å². The lowest BCUT2D eigenvalue weighted by Gasteiger charge is -2.08. The summed E-state index contributed by atoms with van der Waals surface area (Å²) < 4.78 is 108. The highest BCUT2D eigenvalue weighted by molar-refractivity contribution is 6.28. The lowest BCUT2D eigenvalue weighted by Crippen LogP contribution is -2.04. The van der Waals surface area contributed by atoms with Crippen molar-refractivity contribution in [2.75, 3.05) is 0 Å². The normalized spacial score (nSPS) is 18.3. The molecule has 0 aliphatic carbocycles. The van der Waals surface area contributed by atoms with E-state index in [2.05, 4.69) is 15.0 Å². The third-order valence-corrected chi connectivity index (χ3v) is 3.72. The van der Waals surface area contributed by atoms with E-state index in [0.717, 1.165) is 4.57 Å². The molecule has 0 amide bonds. The van der Waals surface area contributed by atoms with Crippen LogP contribution in [0.4, 0.5) is 0 Å². The number of aromatic nitrogens is 4. The fourth-order valence-electron chi connectivity index (χ4n) is 2.53. The van der Waals surface area contributed by atoms with Crippen molar-refractivity contribution in [2.45, 2.75) is 0 Å². The van der Waals surface area contributed by atoms with Gasteiger partial charge in [-0.15, -0.1) is 0 Å². The van der Waals surface area contributed by atoms with Crippen LogP contribution in [0.25, 0.3) is 39.1 Å². The minimum atomic E-state index is -0.663. The lowest BCUT2D eigenvalue weighted by molar-refractivity contribution is 0.947. The van der Waals surface area contributed by atoms with Gasteiger partial charge in [0.15, 0.2) is 5.82 Å². The Morgan fingerprint density at radius 2 is 1.27 bits per heavy atom. The number of nitrogens with zero attached hydrogens (tertiary/aromatic N) is 4. The summed E-state index contributed by atoms with van der Waals surface area (Å²) in [5, 5.41) is -0.953. The first-order chi connectivity index (χ1) is 18.2. The maximum absolute atomic E-state index is 8.55. The van der Waals surface area contributed by atoms with Gasteiger partial charge in [0, 0.05) is 16.3 Å². The predicted octanol–water partition coefficient (Wildman–Crippen LogP) is 5.29. The molecule has 0 saturated carbocycles. The summed E-state index contributed by atoms with van der Waals surface area (Å²) in [6.07, 6.45) is 0. The third-order valence-electron chi connectivity index (χ3n) is 3.55. The van der Waals surface area contributed by atoms with Crippen molar-refractivity contribution in [3.8, 4) is 17.3 Å². The molecule has 0 N–H and O–H groups in total. The Hall–Kier alpha value is -3.24. The Bertz CT molecular complexity index is 1820. The molecule has 2 heterocycles. The molecule has 0 aliphatic rings. The van der Waals surface area contributed by atoms with E-state index in [-0.39, 0.29) is 21.8 Å². The Labute approximate surface area is 173 Å². The van der Waals surface area contributed by atoms with Crippen LogP contribution in [0.1, 0.15) is 17.8 Å². The van der Waals surface area contributed by atoms with Gasteiger partial charge in [-0.25, -0.2) is 0 Å². The summed E-state index contributed by atoms with van der Waals surface area (Å²) in [7, 11) is 0. The molecular weight excluding hydrogens is 344 g/mol. The average molecular weight is 370 g/mol. The number of hydrogen-bond donors (Lipinski definition) is 0. The smallest absolute Gasteiger partial charge is 0.239 e. The first-order valence-electron chi connectivity index (χ1n) is 13.7. The molecule has 0 spiro atoms. The molecule has 5 rings (SSSR count). The van der Waals surface area contributed by atoms with Crippen LogP contribution in [0.3, 0.4) is 0 Å². The minimum Gasteiger partial charge on any atom is -0.278 e. The number of para-hydroxylation sites is 2. The maximum Gasteiger partial charge on any atom is 0.239 e. The SMILES string of the molecule is [2H]c1c([2H])c([2H])c(-c2nc(Cl)nc(-n3c4c([2H])c([2H])c([2H])c([2H])c4c4c([2H])c([2H])c([2H])c([2H])c43)n2)c([2H])c1[2H]. The van der Waals surface area contributed by atoms with Gasteiger partial charge in [0.05, 0.1) is 28.9 Å². The number of benzene rings is 3. The third kappa shape index (κ3) is 2.35. The van der Waals surface area contributed by atoms with E-state index in [1.165, 1.54) is 0 Å². The van der Waals surface area contributed by atoms with E-state index in [4.69, 9.17) is 29.4 Å². The maximum atomic E-state index is 8.55. The summed E-state index contributed by atoms with van der Waals surface area (Å²) in [4.78, 5) is 12.1. The molecule has 124 valence electrons. The number of fused-ring (bicyclic) bond motifs is 3. The van der Waals surface area contributed by atoms with E-state index in [0.29, 0.717) is 0 Å². The highest BCUT2D eigenvalue weighted by Gasteiger charge is 2.15. The molecule has 3 aromatic carbocycles. The van der Waals surface area contributed by atoms with Crippen LogP contribution in [0.2, 0.25) is 5.28 Å². The van der Waals surface area contributed by atoms with Gasteiger partial charge in [0.2, 0.25) is 11.2 Å². The second kappa shape index (κ2) is 5.93. The molecular formula is C21H13ClN4. The standard InChI is InChI=1S/C21H13ClN4/c22-20-23-19(14-8-2-1-3-9-14)24-21(25-20)26-17-12-6-4-10-15(17)16-11-5-7-13-18(16)26/h1-13H/i1D,2D,3D,4D,5D,6D,7D,8D,9D,10D,11D,12D,13D. The van der Waals surface area contributed by atoms with Gasteiger partial charge in [0.1, 0.15) is 0 Å². The molecule has 0 unspecified atom stereocenters.